The van der Waals surface area contributed by atoms with Crippen LogP contribution in [0.3, 0.4) is 0 Å². The second-order valence-electron chi connectivity index (χ2n) is 6.88. The largest absolute Gasteiger partial charge is 0.496 e. The van der Waals surface area contributed by atoms with E-state index < -0.39 is 11.9 Å². The first-order valence-electron chi connectivity index (χ1n) is 10.1. The molecular weight excluding hydrogens is 478 g/mol. The van der Waals surface area contributed by atoms with Crippen LogP contribution < -0.4 is 21.1 Å². The van der Waals surface area contributed by atoms with Crippen molar-refractivity contribution in [2.24, 2.45) is 10.7 Å². The molecule has 1 amide bonds. The zero-order chi connectivity index (χ0) is 26.0. The third kappa shape index (κ3) is 8.47. The third-order valence-corrected chi connectivity index (χ3v) is 5.03. The lowest BCUT2D eigenvalue weighted by atomic mass is 10.1. The summed E-state index contributed by atoms with van der Waals surface area (Å²) in [4.78, 5) is 38.2. The number of ether oxygens (including phenoxy) is 1. The Morgan fingerprint density at radius 1 is 1.20 bits per heavy atom. The number of nitrogens with two attached hydrogens (primary N) is 1. The van der Waals surface area contributed by atoms with Gasteiger partial charge in [-0.15, -0.1) is 11.3 Å². The summed E-state index contributed by atoms with van der Waals surface area (Å²) in [6, 6.07) is 11.1. The molecule has 1 aromatic carbocycles. The number of guanidine groups is 1. The van der Waals surface area contributed by atoms with Crippen LogP contribution in [-0.4, -0.2) is 46.1 Å². The number of hydrogen-bond donors (Lipinski definition) is 5. The highest BCUT2D eigenvalue weighted by molar-refractivity contribution is 7.14. The van der Waals surface area contributed by atoms with Crippen LogP contribution in [-0.2, 0) is 20.9 Å². The molecule has 2 aromatic heterocycles. The van der Waals surface area contributed by atoms with Gasteiger partial charge in [0.05, 0.1) is 19.7 Å². The van der Waals surface area contributed by atoms with E-state index in [1.807, 2.05) is 48.7 Å². The molecule has 0 saturated carbocycles. The van der Waals surface area contributed by atoms with Gasteiger partial charge in [0.1, 0.15) is 17.2 Å². The van der Waals surface area contributed by atoms with Crippen molar-refractivity contribution in [1.29, 1.82) is 0 Å². The van der Waals surface area contributed by atoms with Crippen molar-refractivity contribution in [2.45, 2.75) is 26.4 Å². The summed E-state index contributed by atoms with van der Waals surface area (Å²) < 4.78 is 11.1. The summed E-state index contributed by atoms with van der Waals surface area (Å²) in [5, 5.41) is 23.0. The van der Waals surface area contributed by atoms with Gasteiger partial charge in [-0.05, 0) is 25.1 Å². The van der Waals surface area contributed by atoms with E-state index in [1.54, 1.807) is 7.11 Å². The number of para-hydroxylation sites is 1. The van der Waals surface area contributed by atoms with Crippen molar-refractivity contribution < 1.29 is 33.8 Å². The monoisotopic (exact) mass is 503 g/mol. The highest BCUT2D eigenvalue weighted by Gasteiger charge is 2.13. The fourth-order valence-corrected chi connectivity index (χ4v) is 3.40. The molecule has 1 atom stereocenters. The maximum Gasteiger partial charge on any atom is 0.414 e. The lowest BCUT2D eigenvalue weighted by Crippen LogP contribution is -2.23. The fraction of sp³-hybridized carbons (Fsp3) is 0.227. The van der Waals surface area contributed by atoms with Gasteiger partial charge in [0.15, 0.2) is 16.9 Å². The maximum atomic E-state index is 11.0. The van der Waals surface area contributed by atoms with Gasteiger partial charge >= 0.3 is 11.9 Å². The summed E-state index contributed by atoms with van der Waals surface area (Å²) >= 11 is 1.39. The standard InChI is InChI=1S/C20H23N5O3S.C2H2O4/c1-12(15-6-4-5-7-17(15)27-3)23-19(21)25-20-24-16(11-29-20)18-9-8-14(28-18)10-22-13(2)26;3-1(4)2(5)6/h4-9,11-12H,10H2,1-3H3,(H,22,26)(H3,21,23,24,25);(H,3,4)(H,5,6). The van der Waals surface area contributed by atoms with Gasteiger partial charge in [-0.25, -0.2) is 19.6 Å². The number of nitrogens with one attached hydrogen (secondary N) is 2. The molecule has 12 nitrogen and oxygen atoms in total. The lowest BCUT2D eigenvalue weighted by Gasteiger charge is -2.12. The molecule has 3 aromatic rings. The number of aliphatic carboxylic acids is 2. The second-order valence-corrected chi connectivity index (χ2v) is 7.74. The van der Waals surface area contributed by atoms with E-state index in [4.69, 9.17) is 34.7 Å². The number of nitrogens with zero attached hydrogens (tertiary/aromatic N) is 2. The van der Waals surface area contributed by atoms with Crippen LogP contribution in [0.5, 0.6) is 5.75 Å². The summed E-state index contributed by atoms with van der Waals surface area (Å²) in [6.07, 6.45) is 0. The van der Waals surface area contributed by atoms with Crippen molar-refractivity contribution in [3.05, 3.63) is 53.1 Å². The highest BCUT2D eigenvalue weighted by atomic mass is 32.1. The first-order valence-corrected chi connectivity index (χ1v) is 11.0. The topological polar surface area (TPSA) is 189 Å². The van der Waals surface area contributed by atoms with Gasteiger partial charge in [-0.1, -0.05) is 18.2 Å². The van der Waals surface area contributed by atoms with Crippen LogP contribution in [0.25, 0.3) is 11.5 Å². The summed E-state index contributed by atoms with van der Waals surface area (Å²) in [5.74, 6) is -1.46. The molecule has 0 fully saturated rings. The number of carbonyl (C=O) groups is 3. The summed E-state index contributed by atoms with van der Waals surface area (Å²) in [5.41, 5.74) is 7.68. The van der Waals surface area contributed by atoms with Crippen LogP contribution in [0.1, 0.15) is 31.2 Å². The number of amides is 1. The van der Waals surface area contributed by atoms with Gasteiger partial charge in [0.25, 0.3) is 0 Å². The summed E-state index contributed by atoms with van der Waals surface area (Å²) in [6.45, 7) is 3.74. The minimum Gasteiger partial charge on any atom is -0.496 e. The van der Waals surface area contributed by atoms with Gasteiger partial charge in [0, 0.05) is 17.9 Å². The van der Waals surface area contributed by atoms with Crippen LogP contribution >= 0.6 is 11.3 Å². The van der Waals surface area contributed by atoms with Crippen LogP contribution in [0.4, 0.5) is 5.13 Å². The first-order chi connectivity index (χ1) is 16.6. The average molecular weight is 504 g/mol. The molecule has 0 radical (unpaired) electrons. The van der Waals surface area contributed by atoms with E-state index in [-0.39, 0.29) is 17.9 Å². The zero-order valence-corrected chi connectivity index (χ0v) is 20.0. The number of carboxylic acids is 2. The SMILES string of the molecule is COc1ccccc1C(C)N=C(N)Nc1nc(-c2ccc(CNC(C)=O)o2)cs1.O=C(O)C(=O)O. The summed E-state index contributed by atoms with van der Waals surface area (Å²) in [7, 11) is 1.63. The van der Waals surface area contributed by atoms with Gasteiger partial charge in [0.2, 0.25) is 5.91 Å². The van der Waals surface area contributed by atoms with Crippen molar-refractivity contribution in [3.8, 4) is 17.2 Å². The van der Waals surface area contributed by atoms with E-state index in [9.17, 15) is 4.79 Å². The Kier molecular flexibility index (Phi) is 9.78. The normalized spacial score (nSPS) is 11.6. The molecule has 0 aliphatic carbocycles. The molecule has 0 aliphatic heterocycles. The number of carboxylic acid groups (broad SMARTS) is 2. The average Bonchev–Trinajstić information content (AvgIpc) is 3.47. The Balaban J connectivity index is 0.000000641. The molecule has 0 aliphatic rings. The molecule has 6 N–H and O–H groups in total. The smallest absolute Gasteiger partial charge is 0.414 e. The number of aliphatic imine (C=N–C) groups is 1. The van der Waals surface area contributed by atoms with E-state index in [1.165, 1.54) is 18.3 Å². The maximum absolute atomic E-state index is 11.0. The Morgan fingerprint density at radius 3 is 2.51 bits per heavy atom. The van der Waals surface area contributed by atoms with Gasteiger partial charge in [-0.3, -0.25) is 4.79 Å². The number of aromatic nitrogens is 1. The van der Waals surface area contributed by atoms with Crippen molar-refractivity contribution in [1.82, 2.24) is 10.3 Å². The molecule has 2 heterocycles. The molecule has 35 heavy (non-hydrogen) atoms. The van der Waals surface area contributed by atoms with Gasteiger partial charge in [-0.2, -0.15) is 0 Å². The third-order valence-electron chi connectivity index (χ3n) is 4.27. The number of methoxy groups -OCH3 is 1. The van der Waals surface area contributed by atoms with E-state index in [2.05, 4.69) is 20.6 Å². The van der Waals surface area contributed by atoms with Crippen LogP contribution in [0.15, 0.2) is 51.2 Å². The molecule has 1 unspecified atom stereocenters. The minimum absolute atomic E-state index is 0.111. The van der Waals surface area contributed by atoms with Gasteiger partial charge < -0.3 is 35.7 Å². The number of rotatable bonds is 7. The zero-order valence-electron chi connectivity index (χ0n) is 19.1. The molecular formula is C22H25N5O7S. The Hall–Kier alpha value is -4.39. The first kappa shape index (κ1) is 26.9. The van der Waals surface area contributed by atoms with Crippen LogP contribution in [0.2, 0.25) is 0 Å². The quantitative estimate of drug-likeness (QED) is 0.182. The lowest BCUT2D eigenvalue weighted by molar-refractivity contribution is -0.159. The minimum atomic E-state index is -1.82. The number of carbonyl (C=O) groups excluding carboxylic acids is 1. The van der Waals surface area contributed by atoms with E-state index in [0.29, 0.717) is 28.9 Å². The molecule has 13 heteroatoms. The Labute approximate surface area is 204 Å². The van der Waals surface area contributed by atoms with Crippen molar-refractivity contribution >= 4 is 40.3 Å². The highest BCUT2D eigenvalue weighted by Crippen LogP contribution is 2.28. The predicted molar refractivity (Wildman–Crippen MR) is 129 cm³/mol. The Morgan fingerprint density at radius 2 is 1.89 bits per heavy atom. The molecule has 3 rings (SSSR count). The number of hydrogen-bond acceptors (Lipinski definition) is 8. The van der Waals surface area contributed by atoms with Crippen LogP contribution in [0, 0.1) is 0 Å². The van der Waals surface area contributed by atoms with Crippen molar-refractivity contribution in [3.63, 3.8) is 0 Å². The van der Waals surface area contributed by atoms with E-state index in [0.717, 1.165) is 11.3 Å². The molecule has 0 spiro atoms. The number of benzene rings is 1. The molecule has 186 valence electrons. The predicted octanol–water partition coefficient (Wildman–Crippen LogP) is 2.69. The Bertz CT molecular complexity index is 1190. The van der Waals surface area contributed by atoms with Crippen molar-refractivity contribution in [2.75, 3.05) is 12.4 Å². The van der Waals surface area contributed by atoms with E-state index >= 15 is 0 Å². The fourth-order valence-electron chi connectivity index (χ4n) is 2.70. The molecule has 0 bridgehead atoms. The molecule has 0 saturated heterocycles. The second kappa shape index (κ2) is 12.7. The number of thiazole rings is 1. The number of anilines is 1. The number of furan rings is 1.